The van der Waals surface area contributed by atoms with E-state index in [2.05, 4.69) is 0 Å². The molecule has 5 heteroatoms. The Labute approximate surface area is 163 Å². The molecule has 0 aromatic heterocycles. The molecule has 1 fully saturated rings. The van der Waals surface area contributed by atoms with Gasteiger partial charge in [-0.05, 0) is 41.4 Å². The first-order chi connectivity index (χ1) is 13.0. The summed E-state index contributed by atoms with van der Waals surface area (Å²) >= 11 is 0. The first-order valence-electron chi connectivity index (χ1n) is 9.79. The maximum atomic E-state index is 14.0. The number of fused-ring (bicyclic) bond motifs is 1. The van der Waals surface area contributed by atoms with Gasteiger partial charge in [-0.25, -0.2) is 8.78 Å². The van der Waals surface area contributed by atoms with E-state index in [-0.39, 0.29) is 22.4 Å². The van der Waals surface area contributed by atoms with Crippen molar-refractivity contribution in [1.82, 2.24) is 0 Å². The molecule has 1 aliphatic heterocycles. The number of hydrogen-bond donors (Lipinski definition) is 0. The van der Waals surface area contributed by atoms with E-state index in [1.807, 2.05) is 27.7 Å². The predicted molar refractivity (Wildman–Crippen MR) is 103 cm³/mol. The first kappa shape index (κ1) is 19.2. The summed E-state index contributed by atoms with van der Waals surface area (Å²) in [4.78, 5) is 31.0. The lowest BCUT2D eigenvalue weighted by molar-refractivity contribution is -0.124. The fraction of sp³-hybridized carbons (Fsp3) is 0.522. The molecule has 0 N–H and O–H groups in total. The van der Waals surface area contributed by atoms with Gasteiger partial charge in [0.15, 0.2) is 17.4 Å². The standard InChI is InChI=1S/C23H25F2NO2/c1-22(2)8-15-20(17(27)10-22)19(12-5-6-13(24)14(25)7-12)21-16(26-15)9-23(3,4)11-18(21)28/h5-7,19-20H,8-11H2,1-4H3. The van der Waals surface area contributed by atoms with Crippen LogP contribution in [0.1, 0.15) is 64.9 Å². The molecule has 3 nitrogen and oxygen atoms in total. The molecular formula is C23H25F2NO2. The summed E-state index contributed by atoms with van der Waals surface area (Å²) in [6, 6.07) is 3.70. The number of Topliss-reactive ketones (excluding diaryl/α,β-unsaturated/α-hetero) is 2. The highest BCUT2D eigenvalue weighted by atomic mass is 19.2. The molecule has 1 heterocycles. The van der Waals surface area contributed by atoms with Crippen LogP contribution in [-0.4, -0.2) is 17.3 Å². The number of rotatable bonds is 1. The van der Waals surface area contributed by atoms with E-state index in [9.17, 15) is 18.4 Å². The number of aliphatic imine (C=N–C) groups is 1. The zero-order chi connectivity index (χ0) is 20.4. The monoisotopic (exact) mass is 385 g/mol. The number of benzene rings is 1. The Morgan fingerprint density at radius 2 is 1.57 bits per heavy atom. The zero-order valence-electron chi connectivity index (χ0n) is 16.7. The van der Waals surface area contributed by atoms with Gasteiger partial charge in [0.2, 0.25) is 0 Å². The molecule has 1 saturated carbocycles. The van der Waals surface area contributed by atoms with Gasteiger partial charge in [0.05, 0.1) is 5.92 Å². The number of halogens is 2. The Balaban J connectivity index is 1.92. The maximum absolute atomic E-state index is 14.0. The number of carbonyl (C=O) groups is 2. The van der Waals surface area contributed by atoms with E-state index in [1.54, 1.807) is 0 Å². The van der Waals surface area contributed by atoms with Crippen LogP contribution in [0, 0.1) is 28.4 Å². The van der Waals surface area contributed by atoms with Gasteiger partial charge in [-0.15, -0.1) is 0 Å². The summed E-state index contributed by atoms with van der Waals surface area (Å²) in [5, 5.41) is 0. The molecule has 2 aliphatic carbocycles. The lowest BCUT2D eigenvalue weighted by atomic mass is 9.60. The summed E-state index contributed by atoms with van der Waals surface area (Å²) in [7, 11) is 0. The number of allylic oxidation sites excluding steroid dienone is 2. The van der Waals surface area contributed by atoms with Crippen LogP contribution in [-0.2, 0) is 9.59 Å². The quantitative estimate of drug-likeness (QED) is 0.671. The van der Waals surface area contributed by atoms with Gasteiger partial charge in [0, 0.05) is 35.7 Å². The van der Waals surface area contributed by atoms with Gasteiger partial charge in [-0.3, -0.25) is 14.6 Å². The maximum Gasteiger partial charge on any atom is 0.161 e. The number of carbonyl (C=O) groups excluding carboxylic acids is 2. The van der Waals surface area contributed by atoms with Gasteiger partial charge in [-0.1, -0.05) is 33.8 Å². The highest BCUT2D eigenvalue weighted by Gasteiger charge is 2.49. The van der Waals surface area contributed by atoms with Crippen molar-refractivity contribution in [2.45, 2.75) is 59.3 Å². The lowest BCUT2D eigenvalue weighted by Gasteiger charge is -2.44. The second kappa shape index (κ2) is 6.16. The van der Waals surface area contributed by atoms with Crippen molar-refractivity contribution >= 4 is 17.3 Å². The number of nitrogens with zero attached hydrogens (tertiary/aromatic N) is 1. The zero-order valence-corrected chi connectivity index (χ0v) is 16.7. The summed E-state index contributed by atoms with van der Waals surface area (Å²) < 4.78 is 27.6. The third-order valence-electron chi connectivity index (χ3n) is 6.14. The van der Waals surface area contributed by atoms with Crippen LogP contribution >= 0.6 is 0 Å². The van der Waals surface area contributed by atoms with E-state index in [0.717, 1.165) is 17.8 Å². The van der Waals surface area contributed by atoms with Gasteiger partial charge < -0.3 is 0 Å². The van der Waals surface area contributed by atoms with E-state index < -0.39 is 23.5 Å². The molecule has 1 aromatic rings. The molecule has 0 radical (unpaired) electrons. The predicted octanol–water partition coefficient (Wildman–Crippen LogP) is 5.15. The van der Waals surface area contributed by atoms with Gasteiger partial charge >= 0.3 is 0 Å². The molecule has 4 rings (SSSR count). The van der Waals surface area contributed by atoms with Crippen LogP contribution in [0.2, 0.25) is 0 Å². The van der Waals surface area contributed by atoms with Crippen molar-refractivity contribution < 1.29 is 18.4 Å². The molecule has 0 bridgehead atoms. The van der Waals surface area contributed by atoms with E-state index in [0.29, 0.717) is 42.5 Å². The Kier molecular flexibility index (Phi) is 4.22. The molecular weight excluding hydrogens is 360 g/mol. The second-order valence-electron chi connectivity index (χ2n) is 10.0. The van der Waals surface area contributed by atoms with Crippen molar-refractivity contribution in [2.75, 3.05) is 0 Å². The van der Waals surface area contributed by atoms with Crippen molar-refractivity contribution in [3.63, 3.8) is 0 Å². The van der Waals surface area contributed by atoms with Crippen LogP contribution in [0.25, 0.3) is 0 Å². The van der Waals surface area contributed by atoms with Crippen LogP contribution in [0.15, 0.2) is 34.5 Å². The third-order valence-corrected chi connectivity index (χ3v) is 6.14. The topological polar surface area (TPSA) is 46.5 Å². The van der Waals surface area contributed by atoms with Crippen molar-refractivity contribution in [3.05, 3.63) is 46.7 Å². The van der Waals surface area contributed by atoms with Crippen LogP contribution in [0.4, 0.5) is 8.78 Å². The van der Waals surface area contributed by atoms with Gasteiger partial charge in [0.25, 0.3) is 0 Å². The Bertz CT molecular complexity index is 955. The average molecular weight is 385 g/mol. The molecule has 2 atom stereocenters. The molecule has 0 amide bonds. The highest BCUT2D eigenvalue weighted by Crippen LogP contribution is 2.51. The summed E-state index contributed by atoms with van der Waals surface area (Å²) in [6.07, 6.45) is 2.05. The van der Waals surface area contributed by atoms with Crippen LogP contribution in [0.3, 0.4) is 0 Å². The molecule has 0 saturated heterocycles. The summed E-state index contributed by atoms with van der Waals surface area (Å²) in [5.41, 5.74) is 2.08. The molecule has 2 unspecified atom stereocenters. The minimum atomic E-state index is -0.962. The second-order valence-corrected chi connectivity index (χ2v) is 10.0. The van der Waals surface area contributed by atoms with Crippen molar-refractivity contribution in [2.24, 2.45) is 21.7 Å². The Hall–Kier alpha value is -2.17. The van der Waals surface area contributed by atoms with Gasteiger partial charge in [0.1, 0.15) is 5.78 Å². The Morgan fingerprint density at radius 3 is 2.25 bits per heavy atom. The molecule has 1 aromatic carbocycles. The fourth-order valence-corrected chi connectivity index (χ4v) is 5.08. The minimum Gasteiger partial charge on any atom is -0.299 e. The smallest absolute Gasteiger partial charge is 0.161 e. The molecule has 3 aliphatic rings. The largest absolute Gasteiger partial charge is 0.299 e. The minimum absolute atomic E-state index is 0.0221. The summed E-state index contributed by atoms with van der Waals surface area (Å²) in [6.45, 7) is 8.14. The number of hydrogen-bond acceptors (Lipinski definition) is 3. The average Bonchev–Trinajstić information content (AvgIpc) is 2.53. The van der Waals surface area contributed by atoms with E-state index in [4.69, 9.17) is 4.99 Å². The van der Waals surface area contributed by atoms with Gasteiger partial charge in [-0.2, -0.15) is 0 Å². The normalized spacial score (nSPS) is 28.6. The number of ketones is 2. The first-order valence-corrected chi connectivity index (χ1v) is 9.79. The van der Waals surface area contributed by atoms with Crippen molar-refractivity contribution in [1.29, 1.82) is 0 Å². The third kappa shape index (κ3) is 3.15. The Morgan fingerprint density at radius 1 is 0.893 bits per heavy atom. The molecule has 28 heavy (non-hydrogen) atoms. The van der Waals surface area contributed by atoms with E-state index in [1.165, 1.54) is 6.07 Å². The summed E-state index contributed by atoms with van der Waals surface area (Å²) in [5.74, 6) is -3.06. The lowest BCUT2D eigenvalue weighted by Crippen LogP contribution is -2.45. The fourth-order valence-electron chi connectivity index (χ4n) is 5.08. The molecule has 0 spiro atoms. The highest BCUT2D eigenvalue weighted by molar-refractivity contribution is 6.13. The van der Waals surface area contributed by atoms with Crippen molar-refractivity contribution in [3.8, 4) is 0 Å². The SMILES string of the molecule is CC1(C)CC(=O)C2C(=NC3=C(C(=O)CC(C)(C)C3)C2c2ccc(F)c(F)c2)C1. The molecule has 148 valence electrons. The van der Waals surface area contributed by atoms with Crippen LogP contribution in [0.5, 0.6) is 0 Å². The van der Waals surface area contributed by atoms with E-state index >= 15 is 0 Å². The van der Waals surface area contributed by atoms with Crippen LogP contribution < -0.4 is 0 Å².